The van der Waals surface area contributed by atoms with Gasteiger partial charge in [0.15, 0.2) is 0 Å². The van der Waals surface area contributed by atoms with Gasteiger partial charge < -0.3 is 20.2 Å². The fraction of sp³-hybridized carbons (Fsp3) is 0.375. The molecule has 3 N–H and O–H groups in total. The van der Waals surface area contributed by atoms with Crippen molar-refractivity contribution >= 4 is 5.91 Å². The van der Waals surface area contributed by atoms with Crippen LogP contribution in [0.4, 0.5) is 0 Å². The number of oxazole rings is 1. The Balaban J connectivity index is 1.60. The first-order valence-corrected chi connectivity index (χ1v) is 7.32. The molecule has 0 saturated carbocycles. The van der Waals surface area contributed by atoms with E-state index in [1.165, 1.54) is 0 Å². The molecule has 0 spiro atoms. The lowest BCUT2D eigenvalue weighted by Crippen LogP contribution is -2.56. The lowest BCUT2D eigenvalue weighted by Gasteiger charge is -2.31. The normalized spacial score (nSPS) is 17.1. The first kappa shape index (κ1) is 14.7. The van der Waals surface area contributed by atoms with Gasteiger partial charge in [-0.2, -0.15) is 0 Å². The van der Waals surface area contributed by atoms with Crippen LogP contribution >= 0.6 is 0 Å². The van der Waals surface area contributed by atoms with Crippen molar-refractivity contribution in [2.45, 2.75) is 24.9 Å². The summed E-state index contributed by atoms with van der Waals surface area (Å²) >= 11 is 0. The van der Waals surface area contributed by atoms with E-state index in [2.05, 4.69) is 10.3 Å². The number of benzene rings is 1. The second-order valence-electron chi connectivity index (χ2n) is 5.46. The van der Waals surface area contributed by atoms with Crippen LogP contribution in [0.3, 0.4) is 0 Å². The maximum atomic E-state index is 12.2. The van der Waals surface area contributed by atoms with Gasteiger partial charge in [-0.15, -0.1) is 0 Å². The highest BCUT2D eigenvalue weighted by Crippen LogP contribution is 2.19. The Kier molecular flexibility index (Phi) is 4.22. The summed E-state index contributed by atoms with van der Waals surface area (Å²) in [6, 6.07) is 9.62. The summed E-state index contributed by atoms with van der Waals surface area (Å²) < 4.78 is 10.7. The van der Waals surface area contributed by atoms with Gasteiger partial charge in [0.1, 0.15) is 6.26 Å². The number of ether oxygens (including phenoxy) is 1. The third kappa shape index (κ3) is 3.18. The van der Waals surface area contributed by atoms with Crippen LogP contribution in [-0.2, 0) is 16.1 Å². The van der Waals surface area contributed by atoms with E-state index in [0.717, 1.165) is 5.56 Å². The average molecular weight is 301 g/mol. The molecule has 1 fully saturated rings. The van der Waals surface area contributed by atoms with Crippen molar-refractivity contribution in [1.82, 2.24) is 10.3 Å². The number of rotatable bonds is 4. The van der Waals surface area contributed by atoms with Gasteiger partial charge >= 0.3 is 0 Å². The summed E-state index contributed by atoms with van der Waals surface area (Å²) in [6.45, 7) is 1.34. The van der Waals surface area contributed by atoms with Crippen molar-refractivity contribution in [3.05, 3.63) is 42.3 Å². The van der Waals surface area contributed by atoms with Gasteiger partial charge in [0.05, 0.1) is 17.8 Å². The molecule has 6 nitrogen and oxygen atoms in total. The van der Waals surface area contributed by atoms with Crippen molar-refractivity contribution in [2.24, 2.45) is 5.73 Å². The lowest BCUT2D eigenvalue weighted by atomic mass is 9.90. The summed E-state index contributed by atoms with van der Waals surface area (Å²) in [6.07, 6.45) is 2.62. The lowest BCUT2D eigenvalue weighted by molar-refractivity contribution is -0.129. The fourth-order valence-electron chi connectivity index (χ4n) is 2.41. The topological polar surface area (TPSA) is 90.4 Å². The third-order valence-corrected chi connectivity index (χ3v) is 3.84. The van der Waals surface area contributed by atoms with Gasteiger partial charge in [-0.05, 0) is 25.0 Å². The fourth-order valence-corrected chi connectivity index (χ4v) is 2.41. The number of nitrogens with one attached hydrogen (secondary N) is 1. The summed E-state index contributed by atoms with van der Waals surface area (Å²) in [4.78, 5) is 16.6. The van der Waals surface area contributed by atoms with Crippen LogP contribution in [0.2, 0.25) is 0 Å². The summed E-state index contributed by atoms with van der Waals surface area (Å²) in [7, 11) is 0. The molecular weight excluding hydrogens is 282 g/mol. The summed E-state index contributed by atoms with van der Waals surface area (Å²) in [5.41, 5.74) is 6.86. The van der Waals surface area contributed by atoms with E-state index in [1.54, 1.807) is 6.26 Å². The Labute approximate surface area is 128 Å². The second-order valence-corrected chi connectivity index (χ2v) is 5.46. The molecule has 1 aliphatic heterocycles. The molecule has 1 amide bonds. The SMILES string of the molecule is NC1(C(=O)NCc2coc(-c3ccccc3)n2)CCOCC1. The molecule has 0 atom stereocenters. The molecule has 0 bridgehead atoms. The highest BCUT2D eigenvalue weighted by molar-refractivity contribution is 5.86. The van der Waals surface area contributed by atoms with Crippen molar-refractivity contribution in [2.75, 3.05) is 13.2 Å². The van der Waals surface area contributed by atoms with Gasteiger partial charge in [-0.3, -0.25) is 4.79 Å². The number of carbonyl (C=O) groups is 1. The molecule has 0 aliphatic carbocycles. The number of carbonyl (C=O) groups excluding carboxylic acids is 1. The minimum Gasteiger partial charge on any atom is -0.444 e. The van der Waals surface area contributed by atoms with Gasteiger partial charge in [0, 0.05) is 18.8 Å². The zero-order valence-electron chi connectivity index (χ0n) is 12.2. The van der Waals surface area contributed by atoms with Crippen LogP contribution < -0.4 is 11.1 Å². The zero-order chi connectivity index (χ0) is 15.4. The van der Waals surface area contributed by atoms with Gasteiger partial charge in [-0.25, -0.2) is 4.98 Å². The minimum atomic E-state index is -0.843. The molecule has 22 heavy (non-hydrogen) atoms. The van der Waals surface area contributed by atoms with E-state index in [1.807, 2.05) is 30.3 Å². The molecule has 6 heteroatoms. The van der Waals surface area contributed by atoms with Gasteiger partial charge in [0.25, 0.3) is 0 Å². The molecule has 0 unspecified atom stereocenters. The van der Waals surface area contributed by atoms with Crippen molar-refractivity contribution < 1.29 is 13.9 Å². The molecule has 1 saturated heterocycles. The van der Waals surface area contributed by atoms with E-state index in [-0.39, 0.29) is 5.91 Å². The molecule has 2 aromatic rings. The van der Waals surface area contributed by atoms with Crippen molar-refractivity contribution in [3.8, 4) is 11.5 Å². The largest absolute Gasteiger partial charge is 0.444 e. The maximum absolute atomic E-state index is 12.2. The number of hydrogen-bond donors (Lipinski definition) is 2. The third-order valence-electron chi connectivity index (χ3n) is 3.84. The van der Waals surface area contributed by atoms with Crippen LogP contribution in [0.25, 0.3) is 11.5 Å². The average Bonchev–Trinajstić information content (AvgIpc) is 3.03. The quantitative estimate of drug-likeness (QED) is 0.892. The highest BCUT2D eigenvalue weighted by Gasteiger charge is 2.35. The van der Waals surface area contributed by atoms with Gasteiger partial charge in [0.2, 0.25) is 11.8 Å². The predicted octanol–water partition coefficient (Wildman–Crippen LogP) is 1.47. The summed E-state index contributed by atoms with van der Waals surface area (Å²) in [5, 5.41) is 2.83. The molecule has 2 heterocycles. The second kappa shape index (κ2) is 6.29. The smallest absolute Gasteiger partial charge is 0.240 e. The molecular formula is C16H19N3O3. The first-order valence-electron chi connectivity index (χ1n) is 7.32. The van der Waals surface area contributed by atoms with Crippen LogP contribution in [0.1, 0.15) is 18.5 Å². The van der Waals surface area contributed by atoms with Crippen molar-refractivity contribution in [3.63, 3.8) is 0 Å². The first-order chi connectivity index (χ1) is 10.7. The van der Waals surface area contributed by atoms with E-state index in [9.17, 15) is 4.79 Å². The molecule has 0 radical (unpaired) electrons. The monoisotopic (exact) mass is 301 g/mol. The Hall–Kier alpha value is -2.18. The molecule has 1 aliphatic rings. The molecule has 116 valence electrons. The Morgan fingerprint density at radius 1 is 1.27 bits per heavy atom. The van der Waals surface area contributed by atoms with Gasteiger partial charge in [-0.1, -0.05) is 18.2 Å². The maximum Gasteiger partial charge on any atom is 0.240 e. The predicted molar refractivity (Wildman–Crippen MR) is 80.8 cm³/mol. The molecule has 1 aromatic carbocycles. The Bertz CT molecular complexity index is 633. The zero-order valence-corrected chi connectivity index (χ0v) is 12.2. The molecule has 1 aromatic heterocycles. The Morgan fingerprint density at radius 2 is 2.00 bits per heavy atom. The number of amides is 1. The van der Waals surface area contributed by atoms with Crippen LogP contribution in [-0.4, -0.2) is 29.6 Å². The van der Waals surface area contributed by atoms with E-state index >= 15 is 0 Å². The number of hydrogen-bond acceptors (Lipinski definition) is 5. The highest BCUT2D eigenvalue weighted by atomic mass is 16.5. The number of nitrogens with zero attached hydrogens (tertiary/aromatic N) is 1. The van der Waals surface area contributed by atoms with Crippen molar-refractivity contribution in [1.29, 1.82) is 0 Å². The Morgan fingerprint density at radius 3 is 2.73 bits per heavy atom. The molecule has 3 rings (SSSR count). The van der Waals surface area contributed by atoms with Crippen LogP contribution in [0.5, 0.6) is 0 Å². The van der Waals surface area contributed by atoms with E-state index in [4.69, 9.17) is 14.9 Å². The standard InChI is InChI=1S/C16H19N3O3/c17-16(6-8-21-9-7-16)15(20)18-10-13-11-22-14(19-13)12-4-2-1-3-5-12/h1-5,11H,6-10,17H2,(H,18,20). The van der Waals surface area contributed by atoms with E-state index in [0.29, 0.717) is 44.2 Å². The van der Waals surface area contributed by atoms with Crippen LogP contribution in [0.15, 0.2) is 41.0 Å². The summed E-state index contributed by atoms with van der Waals surface area (Å²) in [5.74, 6) is 0.374. The minimum absolute atomic E-state index is 0.167. The van der Waals surface area contributed by atoms with Crippen LogP contribution in [0, 0.1) is 0 Å². The number of aromatic nitrogens is 1. The number of nitrogens with two attached hydrogens (primary N) is 1. The van der Waals surface area contributed by atoms with E-state index < -0.39 is 5.54 Å².